The van der Waals surface area contributed by atoms with Crippen molar-refractivity contribution >= 4 is 35.2 Å². The molecule has 9 nitrogen and oxygen atoms in total. The first kappa shape index (κ1) is 22.8. The minimum Gasteiger partial charge on any atom is -0.449 e. The van der Waals surface area contributed by atoms with Gasteiger partial charge < -0.3 is 30.9 Å². The molecule has 2 fully saturated rings. The number of aliphatic hydroxyl groups is 1. The lowest BCUT2D eigenvalue weighted by molar-refractivity contribution is -0.156. The summed E-state index contributed by atoms with van der Waals surface area (Å²) in [4.78, 5) is 28.3. The van der Waals surface area contributed by atoms with Crippen LogP contribution in [0.2, 0.25) is 0 Å². The van der Waals surface area contributed by atoms with Gasteiger partial charge in [0.05, 0.1) is 16.9 Å². The number of benzene rings is 1. The summed E-state index contributed by atoms with van der Waals surface area (Å²) in [6.07, 6.45) is -0.122. The molecule has 1 aromatic rings. The van der Waals surface area contributed by atoms with Crippen LogP contribution in [0.3, 0.4) is 0 Å². The van der Waals surface area contributed by atoms with E-state index in [0.29, 0.717) is 6.42 Å². The van der Waals surface area contributed by atoms with Crippen LogP contribution in [0.15, 0.2) is 35.1 Å². The lowest BCUT2D eigenvalue weighted by atomic mass is 9.80. The predicted octanol–water partition coefficient (Wildman–Crippen LogP) is 1.89. The van der Waals surface area contributed by atoms with Crippen molar-refractivity contribution in [3.8, 4) is 0 Å². The fourth-order valence-corrected chi connectivity index (χ4v) is 6.44. The van der Waals surface area contributed by atoms with Crippen molar-refractivity contribution < 1.29 is 24.5 Å². The maximum absolute atomic E-state index is 12.6. The highest BCUT2D eigenvalue weighted by Gasteiger charge is 2.58. The second-order valence-electron chi connectivity index (χ2n) is 8.70. The highest BCUT2D eigenvalue weighted by atomic mass is 32.2. The zero-order chi connectivity index (χ0) is 23.0. The number of nitrogens with two attached hydrogens (primary N) is 1. The number of anilines is 2. The van der Waals surface area contributed by atoms with Gasteiger partial charge in [-0.25, -0.2) is 4.79 Å². The molecule has 3 heterocycles. The number of nitrogen functional groups attached to an aromatic ring is 1. The van der Waals surface area contributed by atoms with Gasteiger partial charge in [0.25, 0.3) is 0 Å². The van der Waals surface area contributed by atoms with Gasteiger partial charge in [-0.15, -0.1) is 11.8 Å². The Morgan fingerprint density at radius 1 is 1.38 bits per heavy atom. The number of hydrogen-bond acceptors (Lipinski definition) is 8. The molecule has 0 radical (unpaired) electrons. The number of rotatable bonds is 8. The largest absolute Gasteiger partial charge is 0.512 e. The van der Waals surface area contributed by atoms with Gasteiger partial charge in [0.15, 0.2) is 0 Å². The molecule has 0 unspecified atom stereocenters. The molecule has 2 saturated heterocycles. The summed E-state index contributed by atoms with van der Waals surface area (Å²) in [5.74, 6) is -0.333. The van der Waals surface area contributed by atoms with Gasteiger partial charge in [-0.05, 0) is 37.1 Å². The summed E-state index contributed by atoms with van der Waals surface area (Å²) in [6.45, 7) is 3.56. The Balaban J connectivity index is 1.41. The number of nitrogens with one attached hydrogen (secondary N) is 1. The quantitative estimate of drug-likeness (QED) is 0.260. The predicted molar refractivity (Wildman–Crippen MR) is 123 cm³/mol. The van der Waals surface area contributed by atoms with Crippen LogP contribution in [-0.2, 0) is 9.53 Å². The fourth-order valence-electron chi connectivity index (χ4n) is 4.97. The van der Waals surface area contributed by atoms with Crippen LogP contribution in [0, 0.1) is 11.8 Å². The zero-order valence-corrected chi connectivity index (χ0v) is 19.0. The summed E-state index contributed by atoms with van der Waals surface area (Å²) >= 11 is 1.61. The first-order valence-electron chi connectivity index (χ1n) is 10.9. The van der Waals surface area contributed by atoms with Crippen LogP contribution in [0.5, 0.6) is 0 Å². The third kappa shape index (κ3) is 4.26. The molecular weight excluding hydrogens is 432 g/mol. The molecule has 3 aliphatic rings. The number of ether oxygens (including phenoxy) is 1. The van der Waals surface area contributed by atoms with Crippen molar-refractivity contribution in [1.29, 1.82) is 0 Å². The number of carboxylic acid groups (broad SMARTS) is 1. The number of aliphatic hydroxyl groups excluding tert-OH is 1. The fraction of sp³-hybridized carbons (Fsp3) is 0.545. The minimum absolute atomic E-state index is 0.0277. The zero-order valence-electron chi connectivity index (χ0n) is 18.2. The number of carbonyl (C=O) groups is 2. The molecule has 32 heavy (non-hydrogen) atoms. The molecule has 174 valence electrons. The lowest BCUT2D eigenvalue weighted by Crippen LogP contribution is -2.60. The van der Waals surface area contributed by atoms with Crippen LogP contribution < -0.4 is 16.0 Å². The van der Waals surface area contributed by atoms with E-state index in [4.69, 9.17) is 10.5 Å². The lowest BCUT2D eigenvalue weighted by Gasteiger charge is -2.44. The van der Waals surface area contributed by atoms with Crippen LogP contribution in [0.4, 0.5) is 16.2 Å². The van der Waals surface area contributed by atoms with Crippen molar-refractivity contribution in [2.24, 2.45) is 11.8 Å². The van der Waals surface area contributed by atoms with Crippen LogP contribution in [0.1, 0.15) is 19.8 Å². The van der Waals surface area contributed by atoms with Gasteiger partial charge in [0, 0.05) is 55.3 Å². The Morgan fingerprint density at radius 2 is 2.09 bits per heavy atom. The van der Waals surface area contributed by atoms with Crippen LogP contribution in [-0.4, -0.2) is 71.3 Å². The smallest absolute Gasteiger partial charge is 0.449 e. The molecule has 1 aromatic carbocycles. The summed E-state index contributed by atoms with van der Waals surface area (Å²) < 4.78 is 5.07. The molecule has 0 saturated carbocycles. The highest BCUT2D eigenvalue weighted by molar-refractivity contribution is 8.03. The van der Waals surface area contributed by atoms with Crippen molar-refractivity contribution in [3.05, 3.63) is 35.1 Å². The molecule has 5 N–H and O–H groups in total. The number of thioether (sulfide) groups is 1. The van der Waals surface area contributed by atoms with E-state index in [9.17, 15) is 19.8 Å². The second kappa shape index (κ2) is 9.21. The molecule has 5 atom stereocenters. The van der Waals surface area contributed by atoms with E-state index in [-0.39, 0.29) is 47.6 Å². The standard InChI is InChI=1S/C22H30N4O5S/c1-12-18-17(7-8-27)20(28)26(18)21(31-22(29)30)19(12)32-16-9-14(24-10-16)11-25(2)15-5-3-13(23)4-6-15/h3-6,12,14,16-18,24,27H,7-11,23H2,1-2H3,(H,29,30)/t12-,14+,16+,17+,18-/m1/s1. The third-order valence-electron chi connectivity index (χ3n) is 6.55. The number of β-lactam (4-membered cyclic amide) rings is 1. The highest BCUT2D eigenvalue weighted by Crippen LogP contribution is 2.52. The molecule has 0 bridgehead atoms. The Bertz CT molecular complexity index is 908. The SMILES string of the molecule is C[C@H]1C(S[C@@H]2CN[C@H](CN(C)c3ccc(N)cc3)C2)=C(OC(=O)O)N2C(=O)[C@@H](CCO)[C@@H]12. The first-order valence-corrected chi connectivity index (χ1v) is 11.7. The van der Waals surface area contributed by atoms with Gasteiger partial charge in [-0.1, -0.05) is 6.92 Å². The third-order valence-corrected chi connectivity index (χ3v) is 8.04. The molecule has 0 spiro atoms. The normalized spacial score (nSPS) is 29.2. The molecule has 3 aliphatic heterocycles. The monoisotopic (exact) mass is 462 g/mol. The van der Waals surface area contributed by atoms with Gasteiger partial charge in [0.1, 0.15) is 0 Å². The summed E-state index contributed by atoms with van der Waals surface area (Å²) in [6, 6.07) is 7.92. The van der Waals surface area contributed by atoms with E-state index in [0.717, 1.165) is 35.8 Å². The number of amides is 1. The summed E-state index contributed by atoms with van der Waals surface area (Å²) in [5.41, 5.74) is 7.61. The Kier molecular flexibility index (Phi) is 6.55. The van der Waals surface area contributed by atoms with Crippen LogP contribution >= 0.6 is 11.8 Å². The van der Waals surface area contributed by atoms with Crippen molar-refractivity contribution in [2.75, 3.05) is 37.4 Å². The number of hydrogen-bond donors (Lipinski definition) is 4. The van der Waals surface area contributed by atoms with E-state index >= 15 is 0 Å². The van der Waals surface area contributed by atoms with E-state index in [1.165, 1.54) is 4.90 Å². The van der Waals surface area contributed by atoms with Gasteiger partial charge >= 0.3 is 6.16 Å². The topological polar surface area (TPSA) is 128 Å². The van der Waals surface area contributed by atoms with Gasteiger partial charge in [-0.3, -0.25) is 9.69 Å². The number of carbonyl (C=O) groups excluding carboxylic acids is 1. The molecule has 1 amide bonds. The first-order chi connectivity index (χ1) is 15.3. The Morgan fingerprint density at radius 3 is 2.75 bits per heavy atom. The van der Waals surface area contributed by atoms with E-state index in [1.54, 1.807) is 11.8 Å². The molecule has 4 rings (SSSR count). The molecular formula is C22H30N4O5S. The van der Waals surface area contributed by atoms with E-state index < -0.39 is 6.16 Å². The Hall–Kier alpha value is -2.43. The van der Waals surface area contributed by atoms with Crippen molar-refractivity contribution in [1.82, 2.24) is 10.2 Å². The van der Waals surface area contributed by atoms with E-state index in [1.807, 2.05) is 38.2 Å². The maximum atomic E-state index is 12.6. The van der Waals surface area contributed by atoms with Gasteiger partial charge in [-0.2, -0.15) is 0 Å². The molecule has 0 aliphatic carbocycles. The Labute approximate surface area is 191 Å². The molecule has 10 heteroatoms. The van der Waals surface area contributed by atoms with E-state index in [2.05, 4.69) is 10.2 Å². The average molecular weight is 463 g/mol. The van der Waals surface area contributed by atoms with Gasteiger partial charge in [0.2, 0.25) is 11.8 Å². The van der Waals surface area contributed by atoms with Crippen LogP contribution in [0.25, 0.3) is 0 Å². The summed E-state index contributed by atoms with van der Waals surface area (Å²) in [7, 11) is 2.05. The average Bonchev–Trinajstić information content (AvgIpc) is 3.28. The number of nitrogens with zero attached hydrogens (tertiary/aromatic N) is 2. The van der Waals surface area contributed by atoms with Crippen molar-refractivity contribution in [2.45, 2.75) is 37.1 Å². The minimum atomic E-state index is -1.42. The maximum Gasteiger partial charge on any atom is 0.512 e. The molecule has 0 aromatic heterocycles. The van der Waals surface area contributed by atoms with Crippen molar-refractivity contribution in [3.63, 3.8) is 0 Å². The second-order valence-corrected chi connectivity index (χ2v) is 10.0. The summed E-state index contributed by atoms with van der Waals surface area (Å²) in [5, 5.41) is 22.3. The number of fused-ring (bicyclic) bond motifs is 1. The number of likely N-dealkylation sites (N-methyl/N-ethyl adjacent to an activating group) is 1.